The Morgan fingerprint density at radius 3 is 2.71 bits per heavy atom. The van der Waals surface area contributed by atoms with Crippen molar-refractivity contribution in [2.45, 2.75) is 56.9 Å². The fourth-order valence-corrected chi connectivity index (χ4v) is 2.62. The number of hydrogen-bond donors (Lipinski definition) is 1. The summed E-state index contributed by atoms with van der Waals surface area (Å²) < 4.78 is 11.0. The monoisotopic (exact) mass is 199 g/mol. The minimum atomic E-state index is 0.369. The van der Waals surface area contributed by atoms with Crippen molar-refractivity contribution < 1.29 is 9.47 Å². The van der Waals surface area contributed by atoms with E-state index in [2.05, 4.69) is 12.2 Å². The zero-order chi connectivity index (χ0) is 9.97. The minimum Gasteiger partial charge on any atom is -0.380 e. The van der Waals surface area contributed by atoms with E-state index < -0.39 is 0 Å². The maximum Gasteiger partial charge on any atom is 0.0724 e. The van der Waals surface area contributed by atoms with Crippen LogP contribution in [0.1, 0.15) is 32.6 Å². The first-order valence-electron chi connectivity index (χ1n) is 5.71. The van der Waals surface area contributed by atoms with Gasteiger partial charge in [-0.3, -0.25) is 0 Å². The van der Waals surface area contributed by atoms with Crippen molar-refractivity contribution in [1.29, 1.82) is 0 Å². The van der Waals surface area contributed by atoms with Gasteiger partial charge in [0, 0.05) is 25.8 Å². The Morgan fingerprint density at radius 1 is 1.21 bits per heavy atom. The maximum absolute atomic E-state index is 5.54. The van der Waals surface area contributed by atoms with E-state index in [1.807, 2.05) is 7.11 Å². The lowest BCUT2D eigenvalue weighted by molar-refractivity contribution is 0.0705. The highest BCUT2D eigenvalue weighted by Crippen LogP contribution is 2.24. The highest BCUT2D eigenvalue weighted by molar-refractivity contribution is 4.89. The molecule has 0 spiro atoms. The van der Waals surface area contributed by atoms with Gasteiger partial charge in [-0.2, -0.15) is 0 Å². The van der Waals surface area contributed by atoms with Crippen molar-refractivity contribution in [2.24, 2.45) is 0 Å². The molecule has 2 aliphatic rings. The van der Waals surface area contributed by atoms with Crippen LogP contribution in [0.25, 0.3) is 0 Å². The van der Waals surface area contributed by atoms with E-state index in [0.29, 0.717) is 24.3 Å². The molecule has 0 bridgehead atoms. The summed E-state index contributed by atoms with van der Waals surface area (Å²) in [5, 5.41) is 3.68. The van der Waals surface area contributed by atoms with E-state index in [1.165, 1.54) is 19.3 Å². The van der Waals surface area contributed by atoms with Crippen molar-refractivity contribution >= 4 is 0 Å². The van der Waals surface area contributed by atoms with E-state index >= 15 is 0 Å². The Bertz CT molecular complexity index is 186. The summed E-state index contributed by atoms with van der Waals surface area (Å²) in [5.74, 6) is 0. The van der Waals surface area contributed by atoms with Gasteiger partial charge in [-0.05, 0) is 32.6 Å². The molecule has 3 nitrogen and oxygen atoms in total. The Balaban J connectivity index is 1.83. The first-order chi connectivity index (χ1) is 6.81. The summed E-state index contributed by atoms with van der Waals surface area (Å²) in [6.07, 6.45) is 5.68. The van der Waals surface area contributed by atoms with E-state index in [0.717, 1.165) is 13.0 Å². The molecular weight excluding hydrogens is 178 g/mol. The van der Waals surface area contributed by atoms with Crippen molar-refractivity contribution in [1.82, 2.24) is 5.32 Å². The molecule has 2 fully saturated rings. The van der Waals surface area contributed by atoms with Crippen LogP contribution < -0.4 is 5.32 Å². The molecule has 14 heavy (non-hydrogen) atoms. The molecule has 1 aliphatic heterocycles. The Labute approximate surface area is 86.2 Å². The molecule has 1 heterocycles. The largest absolute Gasteiger partial charge is 0.380 e. The van der Waals surface area contributed by atoms with E-state index in [9.17, 15) is 0 Å². The lowest BCUT2D eigenvalue weighted by Gasteiger charge is -2.25. The lowest BCUT2D eigenvalue weighted by Crippen LogP contribution is -2.46. The number of ether oxygens (including phenoxy) is 2. The van der Waals surface area contributed by atoms with Crippen molar-refractivity contribution in [2.75, 3.05) is 13.7 Å². The van der Waals surface area contributed by atoms with Crippen LogP contribution in [0.4, 0.5) is 0 Å². The smallest absolute Gasteiger partial charge is 0.0724 e. The number of rotatable bonds is 3. The minimum absolute atomic E-state index is 0.369. The summed E-state index contributed by atoms with van der Waals surface area (Å²) in [7, 11) is 1.82. The van der Waals surface area contributed by atoms with Crippen molar-refractivity contribution in [3.05, 3.63) is 0 Å². The van der Waals surface area contributed by atoms with Crippen LogP contribution in [0.5, 0.6) is 0 Å². The first-order valence-corrected chi connectivity index (χ1v) is 5.71. The first kappa shape index (κ1) is 10.4. The third-order valence-electron chi connectivity index (χ3n) is 3.56. The molecule has 0 radical (unpaired) electrons. The number of methoxy groups -OCH3 is 1. The third kappa shape index (κ3) is 2.10. The molecule has 82 valence electrons. The van der Waals surface area contributed by atoms with Gasteiger partial charge in [0.05, 0.1) is 12.2 Å². The quantitative estimate of drug-likeness (QED) is 0.743. The van der Waals surface area contributed by atoms with Gasteiger partial charge in [-0.25, -0.2) is 0 Å². The molecule has 1 aliphatic carbocycles. The number of hydrogen-bond acceptors (Lipinski definition) is 3. The summed E-state index contributed by atoms with van der Waals surface area (Å²) >= 11 is 0. The molecule has 0 aromatic heterocycles. The normalized spacial score (nSPS) is 43.3. The van der Waals surface area contributed by atoms with Gasteiger partial charge in [0.15, 0.2) is 0 Å². The second-order valence-corrected chi connectivity index (χ2v) is 4.45. The van der Waals surface area contributed by atoms with Crippen LogP contribution >= 0.6 is 0 Å². The zero-order valence-corrected chi connectivity index (χ0v) is 9.16. The third-order valence-corrected chi connectivity index (χ3v) is 3.56. The molecule has 4 atom stereocenters. The molecule has 3 heteroatoms. The standard InChI is InChI=1S/C11H21NO2/c1-8-9(6-7-14-8)12-10-4-3-5-11(10)13-2/h8-12H,3-7H2,1-2H3. The Morgan fingerprint density at radius 2 is 2.07 bits per heavy atom. The van der Waals surface area contributed by atoms with Crippen molar-refractivity contribution in [3.63, 3.8) is 0 Å². The fourth-order valence-electron chi connectivity index (χ4n) is 2.62. The van der Waals surface area contributed by atoms with E-state index in [-0.39, 0.29) is 0 Å². The highest BCUT2D eigenvalue weighted by atomic mass is 16.5. The summed E-state index contributed by atoms with van der Waals surface area (Å²) in [5.41, 5.74) is 0. The second-order valence-electron chi connectivity index (χ2n) is 4.45. The van der Waals surface area contributed by atoms with E-state index in [1.54, 1.807) is 0 Å². The summed E-state index contributed by atoms with van der Waals surface area (Å²) in [6, 6.07) is 1.09. The molecule has 0 amide bonds. The predicted molar refractivity (Wildman–Crippen MR) is 55.4 cm³/mol. The average Bonchev–Trinajstić information content (AvgIpc) is 2.77. The van der Waals surface area contributed by atoms with Gasteiger partial charge < -0.3 is 14.8 Å². The average molecular weight is 199 g/mol. The van der Waals surface area contributed by atoms with Gasteiger partial charge in [-0.15, -0.1) is 0 Å². The van der Waals surface area contributed by atoms with Gasteiger partial charge in [0.25, 0.3) is 0 Å². The van der Waals surface area contributed by atoms with Crippen LogP contribution in [0.3, 0.4) is 0 Å². The molecule has 2 rings (SSSR count). The van der Waals surface area contributed by atoms with Crippen LogP contribution in [0.2, 0.25) is 0 Å². The molecule has 1 N–H and O–H groups in total. The van der Waals surface area contributed by atoms with E-state index in [4.69, 9.17) is 9.47 Å². The summed E-state index contributed by atoms with van der Waals surface area (Å²) in [6.45, 7) is 3.06. The van der Waals surface area contributed by atoms with Gasteiger partial charge >= 0.3 is 0 Å². The van der Waals surface area contributed by atoms with Crippen molar-refractivity contribution in [3.8, 4) is 0 Å². The lowest BCUT2D eigenvalue weighted by atomic mass is 10.1. The predicted octanol–water partition coefficient (Wildman–Crippen LogP) is 1.32. The fraction of sp³-hybridized carbons (Fsp3) is 1.00. The van der Waals surface area contributed by atoms with Crippen LogP contribution in [0, 0.1) is 0 Å². The summed E-state index contributed by atoms with van der Waals surface area (Å²) in [4.78, 5) is 0. The van der Waals surface area contributed by atoms with Crippen LogP contribution in [0.15, 0.2) is 0 Å². The SMILES string of the molecule is COC1CCCC1NC1CCOC1C. The second kappa shape index (κ2) is 4.60. The molecule has 1 saturated heterocycles. The molecule has 0 aromatic carbocycles. The Kier molecular flexibility index (Phi) is 3.42. The van der Waals surface area contributed by atoms with Crippen LogP contribution in [-0.4, -0.2) is 38.0 Å². The topological polar surface area (TPSA) is 30.5 Å². The highest BCUT2D eigenvalue weighted by Gasteiger charge is 2.32. The molecular formula is C11H21NO2. The molecule has 4 unspecified atom stereocenters. The van der Waals surface area contributed by atoms with Crippen LogP contribution in [-0.2, 0) is 9.47 Å². The van der Waals surface area contributed by atoms with Gasteiger partial charge in [-0.1, -0.05) is 0 Å². The zero-order valence-electron chi connectivity index (χ0n) is 9.16. The maximum atomic E-state index is 5.54. The molecule has 0 aromatic rings. The molecule has 1 saturated carbocycles. The number of nitrogens with one attached hydrogen (secondary N) is 1. The Hall–Kier alpha value is -0.120. The van der Waals surface area contributed by atoms with Gasteiger partial charge in [0.2, 0.25) is 0 Å². The van der Waals surface area contributed by atoms with Gasteiger partial charge in [0.1, 0.15) is 0 Å².